The van der Waals surface area contributed by atoms with Crippen LogP contribution in [0.25, 0.3) is 11.7 Å². The molecular weight excluding hydrogens is 360 g/mol. The van der Waals surface area contributed by atoms with Crippen LogP contribution in [-0.4, -0.2) is 35.1 Å². The van der Waals surface area contributed by atoms with Crippen LogP contribution < -0.4 is 5.32 Å². The number of nitrogens with one attached hydrogen (secondary N) is 1. The molecule has 0 unspecified atom stereocenters. The standard InChI is InChI=1S/C16H17BrN4O2/c1-2-23-7-3-6-19-16(22)12(9-18)8-14-10-20-15-5-4-13(17)11-21(14)15/h4-5,8,10-11H,2-3,6-7H2,1H3,(H,19,22). The van der Waals surface area contributed by atoms with Crippen molar-refractivity contribution in [2.45, 2.75) is 13.3 Å². The minimum absolute atomic E-state index is 0.0446. The highest BCUT2D eigenvalue weighted by Gasteiger charge is 2.10. The van der Waals surface area contributed by atoms with Crippen molar-refractivity contribution in [2.75, 3.05) is 19.8 Å². The van der Waals surface area contributed by atoms with Gasteiger partial charge in [-0.2, -0.15) is 5.26 Å². The molecule has 1 amide bonds. The van der Waals surface area contributed by atoms with Gasteiger partial charge in [0.05, 0.1) is 11.9 Å². The number of amides is 1. The monoisotopic (exact) mass is 376 g/mol. The largest absolute Gasteiger partial charge is 0.382 e. The molecule has 0 aliphatic carbocycles. The second kappa shape index (κ2) is 8.46. The topological polar surface area (TPSA) is 79.4 Å². The van der Waals surface area contributed by atoms with E-state index in [1.54, 1.807) is 6.20 Å². The summed E-state index contributed by atoms with van der Waals surface area (Å²) in [6, 6.07) is 5.67. The highest BCUT2D eigenvalue weighted by Crippen LogP contribution is 2.15. The van der Waals surface area contributed by atoms with Crippen LogP contribution in [0.3, 0.4) is 0 Å². The maximum atomic E-state index is 12.1. The van der Waals surface area contributed by atoms with Gasteiger partial charge in [0.1, 0.15) is 17.3 Å². The zero-order valence-electron chi connectivity index (χ0n) is 12.8. The molecule has 0 bridgehead atoms. The number of nitriles is 1. The number of carbonyl (C=O) groups is 1. The van der Waals surface area contributed by atoms with E-state index in [0.717, 1.165) is 10.1 Å². The molecular formula is C16H17BrN4O2. The maximum absolute atomic E-state index is 12.1. The van der Waals surface area contributed by atoms with Gasteiger partial charge in [-0.05, 0) is 47.5 Å². The summed E-state index contributed by atoms with van der Waals surface area (Å²) in [5, 5.41) is 11.9. The van der Waals surface area contributed by atoms with Crippen molar-refractivity contribution in [2.24, 2.45) is 0 Å². The fraction of sp³-hybridized carbons (Fsp3) is 0.312. The van der Waals surface area contributed by atoms with Gasteiger partial charge in [-0.1, -0.05) is 0 Å². The van der Waals surface area contributed by atoms with Crippen LogP contribution in [0.15, 0.2) is 34.6 Å². The molecule has 1 N–H and O–H groups in total. The third-order valence-corrected chi connectivity index (χ3v) is 3.58. The van der Waals surface area contributed by atoms with Crippen molar-refractivity contribution in [3.8, 4) is 6.07 Å². The average molecular weight is 377 g/mol. The van der Waals surface area contributed by atoms with Crippen molar-refractivity contribution in [3.63, 3.8) is 0 Å². The number of ether oxygens (including phenoxy) is 1. The van der Waals surface area contributed by atoms with Crippen molar-refractivity contribution in [3.05, 3.63) is 40.3 Å². The Hall–Kier alpha value is -2.17. The minimum Gasteiger partial charge on any atom is -0.382 e. The van der Waals surface area contributed by atoms with E-state index < -0.39 is 5.91 Å². The van der Waals surface area contributed by atoms with E-state index in [9.17, 15) is 10.1 Å². The molecule has 7 heteroatoms. The van der Waals surface area contributed by atoms with Gasteiger partial charge in [-0.15, -0.1) is 0 Å². The summed E-state index contributed by atoms with van der Waals surface area (Å²) < 4.78 is 7.89. The molecule has 0 atom stereocenters. The molecule has 2 heterocycles. The van der Waals surface area contributed by atoms with Crippen LogP contribution in [0, 0.1) is 11.3 Å². The molecule has 23 heavy (non-hydrogen) atoms. The van der Waals surface area contributed by atoms with Crippen LogP contribution in [-0.2, 0) is 9.53 Å². The fourth-order valence-corrected chi connectivity index (χ4v) is 2.33. The normalized spacial score (nSPS) is 11.4. The molecule has 6 nitrogen and oxygen atoms in total. The third kappa shape index (κ3) is 4.65. The molecule has 0 spiro atoms. The van der Waals surface area contributed by atoms with Crippen LogP contribution in [0.5, 0.6) is 0 Å². The van der Waals surface area contributed by atoms with Gasteiger partial charge in [-0.25, -0.2) is 4.98 Å². The summed E-state index contributed by atoms with van der Waals surface area (Å²) in [7, 11) is 0. The molecule has 2 aromatic heterocycles. The Morgan fingerprint density at radius 1 is 1.57 bits per heavy atom. The summed E-state index contributed by atoms with van der Waals surface area (Å²) in [5.41, 5.74) is 1.46. The Morgan fingerprint density at radius 2 is 2.39 bits per heavy atom. The van der Waals surface area contributed by atoms with E-state index in [-0.39, 0.29) is 5.57 Å². The van der Waals surface area contributed by atoms with Gasteiger partial charge in [0, 0.05) is 30.4 Å². The van der Waals surface area contributed by atoms with Gasteiger partial charge < -0.3 is 10.1 Å². The third-order valence-electron chi connectivity index (χ3n) is 3.11. The van der Waals surface area contributed by atoms with Gasteiger partial charge in [0.15, 0.2) is 0 Å². The first kappa shape index (κ1) is 17.2. The smallest absolute Gasteiger partial charge is 0.262 e. The highest BCUT2D eigenvalue weighted by molar-refractivity contribution is 9.10. The number of rotatable bonds is 7. The minimum atomic E-state index is -0.394. The van der Waals surface area contributed by atoms with E-state index >= 15 is 0 Å². The second-order valence-electron chi connectivity index (χ2n) is 4.73. The molecule has 0 radical (unpaired) electrons. The number of aromatic nitrogens is 2. The number of carbonyl (C=O) groups excluding carboxylic acids is 1. The zero-order valence-corrected chi connectivity index (χ0v) is 14.3. The van der Waals surface area contributed by atoms with Crippen LogP contribution in [0.2, 0.25) is 0 Å². The van der Waals surface area contributed by atoms with Crippen LogP contribution in [0.1, 0.15) is 19.0 Å². The summed E-state index contributed by atoms with van der Waals surface area (Å²) in [6.45, 7) is 3.63. The quantitative estimate of drug-likeness (QED) is 0.457. The van der Waals surface area contributed by atoms with E-state index in [4.69, 9.17) is 4.74 Å². The van der Waals surface area contributed by atoms with Gasteiger partial charge in [-0.3, -0.25) is 9.20 Å². The van der Waals surface area contributed by atoms with Crippen molar-refractivity contribution < 1.29 is 9.53 Å². The number of halogens is 1. The number of pyridine rings is 1. The summed E-state index contributed by atoms with van der Waals surface area (Å²) in [6.07, 6.45) is 5.70. The zero-order chi connectivity index (χ0) is 16.7. The maximum Gasteiger partial charge on any atom is 0.262 e. The Labute approximate surface area is 142 Å². The van der Waals surface area contributed by atoms with Gasteiger partial charge in [0.2, 0.25) is 0 Å². The SMILES string of the molecule is CCOCCCNC(=O)C(C#N)=Cc1cnc2ccc(Br)cn12. The van der Waals surface area contributed by atoms with E-state index in [2.05, 4.69) is 26.2 Å². The van der Waals surface area contributed by atoms with Crippen molar-refractivity contribution >= 4 is 33.6 Å². The molecule has 0 fully saturated rings. The molecule has 0 aromatic carbocycles. The van der Waals surface area contributed by atoms with Gasteiger partial charge in [0.25, 0.3) is 5.91 Å². The number of hydrogen-bond donors (Lipinski definition) is 1. The first-order valence-electron chi connectivity index (χ1n) is 7.26. The lowest BCUT2D eigenvalue weighted by Gasteiger charge is -2.04. The lowest BCUT2D eigenvalue weighted by Crippen LogP contribution is -2.26. The Kier molecular flexibility index (Phi) is 6.32. The lowest BCUT2D eigenvalue weighted by atomic mass is 10.2. The summed E-state index contributed by atoms with van der Waals surface area (Å²) >= 11 is 3.39. The Bertz CT molecular complexity index is 761. The summed E-state index contributed by atoms with van der Waals surface area (Å²) in [5.74, 6) is -0.394. The van der Waals surface area contributed by atoms with E-state index in [0.29, 0.717) is 31.9 Å². The molecule has 2 rings (SSSR count). The van der Waals surface area contributed by atoms with Crippen molar-refractivity contribution in [1.82, 2.24) is 14.7 Å². The predicted octanol–water partition coefficient (Wildman–Crippen LogP) is 2.55. The number of imidazole rings is 1. The van der Waals surface area contributed by atoms with Crippen LogP contribution >= 0.6 is 15.9 Å². The Morgan fingerprint density at radius 3 is 3.13 bits per heavy atom. The van der Waals surface area contributed by atoms with E-state index in [1.165, 1.54) is 6.08 Å². The number of nitrogens with zero attached hydrogens (tertiary/aromatic N) is 3. The number of hydrogen-bond acceptors (Lipinski definition) is 4. The summed E-state index contributed by atoms with van der Waals surface area (Å²) in [4.78, 5) is 16.3. The molecule has 0 saturated heterocycles. The second-order valence-corrected chi connectivity index (χ2v) is 5.65. The molecule has 120 valence electrons. The molecule has 2 aromatic rings. The van der Waals surface area contributed by atoms with Crippen LogP contribution in [0.4, 0.5) is 0 Å². The number of fused-ring (bicyclic) bond motifs is 1. The van der Waals surface area contributed by atoms with Gasteiger partial charge >= 0.3 is 0 Å². The molecule has 0 aliphatic heterocycles. The predicted molar refractivity (Wildman–Crippen MR) is 90.6 cm³/mol. The molecule has 0 saturated carbocycles. The molecule has 0 aliphatic rings. The Balaban J connectivity index is 2.09. The first-order chi connectivity index (χ1) is 11.2. The van der Waals surface area contributed by atoms with Crippen molar-refractivity contribution in [1.29, 1.82) is 5.26 Å². The fourth-order valence-electron chi connectivity index (χ4n) is 1.99. The highest BCUT2D eigenvalue weighted by atomic mass is 79.9. The lowest BCUT2D eigenvalue weighted by molar-refractivity contribution is -0.117. The van der Waals surface area contributed by atoms with E-state index in [1.807, 2.05) is 35.7 Å². The first-order valence-corrected chi connectivity index (χ1v) is 8.05. The average Bonchev–Trinajstić information content (AvgIpc) is 2.94.